The molecular weight excluding hydrogens is 352 g/mol. The summed E-state index contributed by atoms with van der Waals surface area (Å²) in [7, 11) is 0. The van der Waals surface area contributed by atoms with Gasteiger partial charge in [0.1, 0.15) is 5.82 Å². The van der Waals surface area contributed by atoms with Crippen molar-refractivity contribution in [1.29, 1.82) is 0 Å². The molecule has 0 radical (unpaired) electrons. The number of carbonyl (C=O) groups is 1. The lowest BCUT2D eigenvalue weighted by molar-refractivity contribution is -0.186. The lowest BCUT2D eigenvalue weighted by Crippen LogP contribution is -2.33. The minimum absolute atomic E-state index is 0.368. The van der Waals surface area contributed by atoms with Crippen LogP contribution in [0.15, 0.2) is 18.2 Å². The SMILES string of the molecule is O=C(NOC1CCCCO1)c1ccc(F)cc1I. The molecule has 98 valence electrons. The van der Waals surface area contributed by atoms with Crippen molar-refractivity contribution >= 4 is 28.5 Å². The van der Waals surface area contributed by atoms with Gasteiger partial charge in [-0.2, -0.15) is 0 Å². The number of hydrogen-bond acceptors (Lipinski definition) is 3. The minimum Gasteiger partial charge on any atom is -0.350 e. The molecular formula is C12H13FINO3. The standard InChI is InChI=1S/C12H13FINO3/c13-8-4-5-9(10(14)7-8)12(16)15-18-11-3-1-2-6-17-11/h4-5,7,11H,1-3,6H2,(H,15,16). The summed E-state index contributed by atoms with van der Waals surface area (Å²) in [6, 6.07) is 3.97. The zero-order chi connectivity index (χ0) is 13.0. The van der Waals surface area contributed by atoms with E-state index in [0.717, 1.165) is 19.3 Å². The number of carbonyl (C=O) groups excluding carboxylic acids is 1. The van der Waals surface area contributed by atoms with Crippen LogP contribution in [0.1, 0.15) is 29.6 Å². The Kier molecular flexibility index (Phi) is 4.90. The first-order chi connectivity index (χ1) is 8.66. The lowest BCUT2D eigenvalue weighted by atomic mass is 10.2. The van der Waals surface area contributed by atoms with Gasteiger partial charge in [0.25, 0.3) is 5.91 Å². The van der Waals surface area contributed by atoms with Crippen LogP contribution in [0.2, 0.25) is 0 Å². The van der Waals surface area contributed by atoms with E-state index in [2.05, 4.69) is 5.48 Å². The molecule has 18 heavy (non-hydrogen) atoms. The number of ether oxygens (including phenoxy) is 1. The molecule has 1 aromatic rings. The Morgan fingerprint density at radius 1 is 1.50 bits per heavy atom. The summed E-state index contributed by atoms with van der Waals surface area (Å²) in [4.78, 5) is 17.0. The van der Waals surface area contributed by atoms with Gasteiger partial charge < -0.3 is 4.74 Å². The van der Waals surface area contributed by atoms with Gasteiger partial charge in [-0.05, 0) is 53.6 Å². The molecule has 1 amide bonds. The third-order valence-electron chi connectivity index (χ3n) is 2.60. The summed E-state index contributed by atoms with van der Waals surface area (Å²) in [5.41, 5.74) is 2.72. The molecule has 1 N–H and O–H groups in total. The fraction of sp³-hybridized carbons (Fsp3) is 0.417. The summed E-state index contributed by atoms with van der Waals surface area (Å²) >= 11 is 1.91. The second-order valence-electron chi connectivity index (χ2n) is 3.97. The van der Waals surface area contributed by atoms with Crippen LogP contribution < -0.4 is 5.48 Å². The monoisotopic (exact) mass is 365 g/mol. The number of halogens is 2. The zero-order valence-corrected chi connectivity index (χ0v) is 11.8. The maximum absolute atomic E-state index is 12.9. The topological polar surface area (TPSA) is 47.6 Å². The first-order valence-corrected chi connectivity index (χ1v) is 6.77. The van der Waals surface area contributed by atoms with Crippen LogP contribution in [0.5, 0.6) is 0 Å². The van der Waals surface area contributed by atoms with Crippen molar-refractivity contribution in [3.63, 3.8) is 0 Å². The molecule has 1 aromatic carbocycles. The summed E-state index contributed by atoms with van der Waals surface area (Å²) in [6.45, 7) is 0.647. The highest BCUT2D eigenvalue weighted by molar-refractivity contribution is 14.1. The fourth-order valence-corrected chi connectivity index (χ4v) is 2.37. The van der Waals surface area contributed by atoms with Crippen LogP contribution in [0.4, 0.5) is 4.39 Å². The van der Waals surface area contributed by atoms with Crippen molar-refractivity contribution in [2.45, 2.75) is 25.6 Å². The van der Waals surface area contributed by atoms with Crippen LogP contribution in [0.25, 0.3) is 0 Å². The highest BCUT2D eigenvalue weighted by atomic mass is 127. The quantitative estimate of drug-likeness (QED) is 0.662. The zero-order valence-electron chi connectivity index (χ0n) is 9.62. The second-order valence-corrected chi connectivity index (χ2v) is 5.13. The van der Waals surface area contributed by atoms with Crippen molar-refractivity contribution in [3.8, 4) is 0 Å². The largest absolute Gasteiger partial charge is 0.350 e. The highest BCUT2D eigenvalue weighted by Gasteiger charge is 2.17. The molecule has 1 unspecified atom stereocenters. The van der Waals surface area contributed by atoms with Gasteiger partial charge in [-0.25, -0.2) is 14.7 Å². The van der Waals surface area contributed by atoms with Crippen LogP contribution in [-0.2, 0) is 9.57 Å². The molecule has 4 nitrogen and oxygen atoms in total. The van der Waals surface area contributed by atoms with Gasteiger partial charge >= 0.3 is 0 Å². The Labute approximate surface area is 118 Å². The first kappa shape index (κ1) is 13.7. The van der Waals surface area contributed by atoms with E-state index in [1.54, 1.807) is 0 Å². The first-order valence-electron chi connectivity index (χ1n) is 5.69. The van der Waals surface area contributed by atoms with E-state index in [1.165, 1.54) is 18.2 Å². The second kappa shape index (κ2) is 6.44. The van der Waals surface area contributed by atoms with Gasteiger partial charge in [0, 0.05) is 16.6 Å². The normalized spacial score (nSPS) is 19.6. The van der Waals surface area contributed by atoms with Gasteiger partial charge in [0.05, 0.1) is 5.56 Å². The van der Waals surface area contributed by atoms with E-state index in [0.29, 0.717) is 15.7 Å². The number of hydrogen-bond donors (Lipinski definition) is 1. The van der Waals surface area contributed by atoms with Crippen LogP contribution >= 0.6 is 22.6 Å². The molecule has 0 saturated carbocycles. The summed E-state index contributed by atoms with van der Waals surface area (Å²) < 4.78 is 18.8. The summed E-state index contributed by atoms with van der Waals surface area (Å²) in [5, 5.41) is 0. The average Bonchev–Trinajstić information content (AvgIpc) is 2.37. The smallest absolute Gasteiger partial charge is 0.276 e. The Morgan fingerprint density at radius 3 is 3.00 bits per heavy atom. The predicted octanol–water partition coefficient (Wildman–Crippen LogP) is 2.62. The Hall–Kier alpha value is -0.730. The van der Waals surface area contributed by atoms with Crippen LogP contribution in [0.3, 0.4) is 0 Å². The number of benzene rings is 1. The van der Waals surface area contributed by atoms with E-state index in [4.69, 9.17) is 9.57 Å². The third-order valence-corrected chi connectivity index (χ3v) is 3.49. The van der Waals surface area contributed by atoms with E-state index in [9.17, 15) is 9.18 Å². The molecule has 1 saturated heterocycles. The summed E-state index contributed by atoms with van der Waals surface area (Å²) in [6.07, 6.45) is 2.42. The Bertz CT molecular complexity index is 435. The van der Waals surface area contributed by atoms with E-state index in [1.807, 2.05) is 22.6 Å². The van der Waals surface area contributed by atoms with Crippen LogP contribution in [0, 0.1) is 9.39 Å². The lowest BCUT2D eigenvalue weighted by Gasteiger charge is -2.22. The van der Waals surface area contributed by atoms with Gasteiger partial charge in [-0.1, -0.05) is 0 Å². The van der Waals surface area contributed by atoms with Gasteiger partial charge in [-0.3, -0.25) is 4.79 Å². The van der Waals surface area contributed by atoms with E-state index in [-0.39, 0.29) is 12.1 Å². The molecule has 0 spiro atoms. The van der Waals surface area contributed by atoms with Gasteiger partial charge in [0.15, 0.2) is 6.29 Å². The molecule has 1 fully saturated rings. The van der Waals surface area contributed by atoms with Crippen molar-refractivity contribution in [1.82, 2.24) is 5.48 Å². The molecule has 1 heterocycles. The number of nitrogens with one attached hydrogen (secondary N) is 1. The molecule has 1 atom stereocenters. The Balaban J connectivity index is 1.90. The van der Waals surface area contributed by atoms with Gasteiger partial charge in [-0.15, -0.1) is 0 Å². The maximum Gasteiger partial charge on any atom is 0.276 e. The molecule has 6 heteroatoms. The number of rotatable bonds is 3. The molecule has 2 rings (SSSR count). The van der Waals surface area contributed by atoms with Crippen molar-refractivity contribution in [2.24, 2.45) is 0 Å². The third kappa shape index (κ3) is 3.63. The van der Waals surface area contributed by atoms with Gasteiger partial charge in [0.2, 0.25) is 0 Å². The summed E-state index contributed by atoms with van der Waals surface area (Å²) in [5.74, 6) is -0.763. The van der Waals surface area contributed by atoms with Crippen molar-refractivity contribution in [3.05, 3.63) is 33.1 Å². The van der Waals surface area contributed by atoms with E-state index < -0.39 is 5.91 Å². The predicted molar refractivity (Wildman–Crippen MR) is 71.3 cm³/mol. The fourth-order valence-electron chi connectivity index (χ4n) is 1.65. The average molecular weight is 365 g/mol. The number of amides is 1. The molecule has 0 aromatic heterocycles. The minimum atomic E-state index is -0.395. The van der Waals surface area contributed by atoms with Crippen molar-refractivity contribution in [2.75, 3.05) is 6.61 Å². The highest BCUT2D eigenvalue weighted by Crippen LogP contribution is 2.15. The molecule has 0 bridgehead atoms. The maximum atomic E-state index is 12.9. The Morgan fingerprint density at radius 2 is 2.33 bits per heavy atom. The molecule has 0 aliphatic carbocycles. The molecule has 1 aliphatic heterocycles. The number of hydroxylamine groups is 1. The van der Waals surface area contributed by atoms with Crippen LogP contribution in [-0.4, -0.2) is 18.8 Å². The van der Waals surface area contributed by atoms with Crippen molar-refractivity contribution < 1.29 is 18.8 Å². The van der Waals surface area contributed by atoms with E-state index >= 15 is 0 Å². The molecule has 1 aliphatic rings.